The van der Waals surface area contributed by atoms with E-state index in [1.807, 2.05) is 50.2 Å². The number of anilines is 1. The molecule has 3 aromatic rings. The van der Waals surface area contributed by atoms with Crippen LogP contribution in [0, 0.1) is 13.8 Å². The molecular weight excluding hydrogens is 318 g/mol. The zero-order valence-corrected chi connectivity index (χ0v) is 15.0. The van der Waals surface area contributed by atoms with Crippen molar-refractivity contribution < 1.29 is 4.79 Å². The Labute approximate surface area is 146 Å². The van der Waals surface area contributed by atoms with Gasteiger partial charge in [0.2, 0.25) is 5.91 Å². The molecule has 0 unspecified atom stereocenters. The number of rotatable bonds is 5. The van der Waals surface area contributed by atoms with Crippen molar-refractivity contribution in [3.8, 4) is 0 Å². The number of benzene rings is 2. The molecule has 4 nitrogen and oxygen atoms in total. The summed E-state index contributed by atoms with van der Waals surface area (Å²) in [4.78, 5) is 17.0. The number of para-hydroxylation sites is 3. The van der Waals surface area contributed by atoms with Crippen molar-refractivity contribution >= 4 is 34.4 Å². The topological polar surface area (TPSA) is 46.9 Å². The molecule has 5 heteroatoms. The van der Waals surface area contributed by atoms with Gasteiger partial charge >= 0.3 is 0 Å². The van der Waals surface area contributed by atoms with Gasteiger partial charge in [0.05, 0.1) is 16.8 Å². The van der Waals surface area contributed by atoms with E-state index in [0.717, 1.165) is 39.5 Å². The van der Waals surface area contributed by atoms with Gasteiger partial charge in [-0.25, -0.2) is 4.98 Å². The van der Waals surface area contributed by atoms with Crippen molar-refractivity contribution in [3.63, 3.8) is 0 Å². The van der Waals surface area contributed by atoms with Gasteiger partial charge in [0.1, 0.15) is 0 Å². The highest BCUT2D eigenvalue weighted by Gasteiger charge is 2.13. The van der Waals surface area contributed by atoms with Crippen molar-refractivity contribution in [2.75, 3.05) is 11.1 Å². The summed E-state index contributed by atoms with van der Waals surface area (Å²) in [5.41, 5.74) is 5.14. The molecule has 1 N–H and O–H groups in total. The summed E-state index contributed by atoms with van der Waals surface area (Å²) >= 11 is 1.48. The van der Waals surface area contributed by atoms with Crippen LogP contribution in [-0.2, 0) is 11.3 Å². The SMILES string of the molecule is CCn1c(SCC(=O)Nc2c(C)cccc2C)nc2ccccc21. The Morgan fingerprint density at radius 1 is 1.12 bits per heavy atom. The van der Waals surface area contributed by atoms with E-state index < -0.39 is 0 Å². The van der Waals surface area contributed by atoms with Crippen LogP contribution in [0.1, 0.15) is 18.1 Å². The molecule has 1 heterocycles. The smallest absolute Gasteiger partial charge is 0.234 e. The number of amides is 1. The first-order valence-electron chi connectivity index (χ1n) is 8.04. The molecule has 0 radical (unpaired) electrons. The predicted octanol–water partition coefficient (Wildman–Crippen LogP) is 4.40. The molecule has 0 bridgehead atoms. The van der Waals surface area contributed by atoms with Gasteiger partial charge in [0.25, 0.3) is 0 Å². The zero-order valence-electron chi connectivity index (χ0n) is 14.2. The minimum Gasteiger partial charge on any atom is -0.325 e. The zero-order chi connectivity index (χ0) is 17.1. The average Bonchev–Trinajstić information content (AvgIpc) is 2.94. The molecule has 2 aromatic carbocycles. The van der Waals surface area contributed by atoms with Crippen molar-refractivity contribution in [1.29, 1.82) is 0 Å². The van der Waals surface area contributed by atoms with Gasteiger partial charge in [-0.15, -0.1) is 0 Å². The van der Waals surface area contributed by atoms with Crippen LogP contribution in [0.2, 0.25) is 0 Å². The Balaban J connectivity index is 1.73. The maximum absolute atomic E-state index is 12.3. The monoisotopic (exact) mass is 339 g/mol. The number of imidazole rings is 1. The van der Waals surface area contributed by atoms with Crippen LogP contribution in [0.15, 0.2) is 47.6 Å². The summed E-state index contributed by atoms with van der Waals surface area (Å²) in [6.07, 6.45) is 0. The van der Waals surface area contributed by atoms with Gasteiger partial charge in [-0.1, -0.05) is 42.1 Å². The third kappa shape index (κ3) is 3.31. The summed E-state index contributed by atoms with van der Waals surface area (Å²) < 4.78 is 2.15. The quantitative estimate of drug-likeness (QED) is 0.701. The number of thioether (sulfide) groups is 1. The van der Waals surface area contributed by atoms with Crippen LogP contribution in [-0.4, -0.2) is 21.2 Å². The molecule has 3 rings (SSSR count). The maximum Gasteiger partial charge on any atom is 0.234 e. The summed E-state index contributed by atoms with van der Waals surface area (Å²) in [5, 5.41) is 3.91. The van der Waals surface area contributed by atoms with Crippen LogP contribution in [0.25, 0.3) is 11.0 Å². The number of aryl methyl sites for hydroxylation is 3. The van der Waals surface area contributed by atoms with Crippen LogP contribution in [0.5, 0.6) is 0 Å². The van der Waals surface area contributed by atoms with E-state index >= 15 is 0 Å². The number of nitrogens with zero attached hydrogens (tertiary/aromatic N) is 2. The molecule has 0 saturated carbocycles. The number of fused-ring (bicyclic) bond motifs is 1. The Morgan fingerprint density at radius 2 is 1.83 bits per heavy atom. The third-order valence-corrected chi connectivity index (χ3v) is 4.99. The molecule has 1 aromatic heterocycles. The lowest BCUT2D eigenvalue weighted by molar-refractivity contribution is -0.113. The fraction of sp³-hybridized carbons (Fsp3) is 0.263. The van der Waals surface area contributed by atoms with Crippen LogP contribution in [0.3, 0.4) is 0 Å². The summed E-state index contributed by atoms with van der Waals surface area (Å²) in [6, 6.07) is 14.1. The van der Waals surface area contributed by atoms with Crippen molar-refractivity contribution in [2.24, 2.45) is 0 Å². The Morgan fingerprint density at radius 3 is 2.54 bits per heavy atom. The van der Waals surface area contributed by atoms with Gasteiger partial charge in [-0.2, -0.15) is 0 Å². The number of hydrogen-bond donors (Lipinski definition) is 1. The summed E-state index contributed by atoms with van der Waals surface area (Å²) in [5.74, 6) is 0.337. The second-order valence-electron chi connectivity index (χ2n) is 5.73. The molecule has 0 aliphatic carbocycles. The van der Waals surface area contributed by atoms with Crippen molar-refractivity contribution in [3.05, 3.63) is 53.6 Å². The second-order valence-corrected chi connectivity index (χ2v) is 6.67. The van der Waals surface area contributed by atoms with E-state index in [2.05, 4.69) is 27.9 Å². The highest BCUT2D eigenvalue weighted by Crippen LogP contribution is 2.25. The van der Waals surface area contributed by atoms with Gasteiger partial charge in [-0.3, -0.25) is 4.79 Å². The first-order valence-corrected chi connectivity index (χ1v) is 9.03. The van der Waals surface area contributed by atoms with Crippen molar-refractivity contribution in [1.82, 2.24) is 9.55 Å². The number of aromatic nitrogens is 2. The van der Waals surface area contributed by atoms with Crippen LogP contribution < -0.4 is 5.32 Å². The summed E-state index contributed by atoms with van der Waals surface area (Å²) in [6.45, 7) is 6.94. The lowest BCUT2D eigenvalue weighted by atomic mass is 10.1. The lowest BCUT2D eigenvalue weighted by Gasteiger charge is -2.11. The van der Waals surface area contributed by atoms with Crippen LogP contribution in [0.4, 0.5) is 5.69 Å². The first kappa shape index (κ1) is 16.6. The van der Waals surface area contributed by atoms with Gasteiger partial charge in [0.15, 0.2) is 5.16 Å². The highest BCUT2D eigenvalue weighted by atomic mass is 32.2. The molecule has 0 saturated heterocycles. The number of carbonyl (C=O) groups excluding carboxylic acids is 1. The first-order chi connectivity index (χ1) is 11.6. The van der Waals surface area contributed by atoms with Crippen LogP contribution >= 0.6 is 11.8 Å². The van der Waals surface area contributed by atoms with E-state index in [1.165, 1.54) is 11.8 Å². The molecule has 0 aliphatic rings. The molecule has 24 heavy (non-hydrogen) atoms. The standard InChI is InChI=1S/C19H21N3OS/c1-4-22-16-11-6-5-10-15(16)20-19(22)24-12-17(23)21-18-13(2)8-7-9-14(18)3/h5-11H,4,12H2,1-3H3,(H,21,23). The van der Waals surface area contributed by atoms with Gasteiger partial charge in [-0.05, 0) is 44.0 Å². The van der Waals surface area contributed by atoms with E-state index in [0.29, 0.717) is 5.75 Å². The number of carbonyl (C=O) groups is 1. The molecule has 0 spiro atoms. The normalized spacial score (nSPS) is 11.0. The molecular formula is C19H21N3OS. The minimum atomic E-state index is -0.00731. The highest BCUT2D eigenvalue weighted by molar-refractivity contribution is 7.99. The Kier molecular flexibility index (Phi) is 4.90. The van der Waals surface area contributed by atoms with E-state index in [1.54, 1.807) is 0 Å². The second kappa shape index (κ2) is 7.09. The molecule has 1 amide bonds. The van der Waals surface area contributed by atoms with E-state index in [9.17, 15) is 4.79 Å². The van der Waals surface area contributed by atoms with Gasteiger partial charge in [0, 0.05) is 12.2 Å². The third-order valence-electron chi connectivity index (χ3n) is 4.01. The summed E-state index contributed by atoms with van der Waals surface area (Å²) in [7, 11) is 0. The predicted molar refractivity (Wildman–Crippen MR) is 101 cm³/mol. The largest absolute Gasteiger partial charge is 0.325 e. The number of nitrogens with one attached hydrogen (secondary N) is 1. The fourth-order valence-electron chi connectivity index (χ4n) is 2.79. The molecule has 0 atom stereocenters. The molecule has 0 aliphatic heterocycles. The Bertz CT molecular complexity index is 865. The Hall–Kier alpha value is -2.27. The lowest BCUT2D eigenvalue weighted by Crippen LogP contribution is -2.16. The van der Waals surface area contributed by atoms with Crippen molar-refractivity contribution in [2.45, 2.75) is 32.5 Å². The van der Waals surface area contributed by atoms with Gasteiger partial charge < -0.3 is 9.88 Å². The molecule has 0 fully saturated rings. The van der Waals surface area contributed by atoms with E-state index in [-0.39, 0.29) is 5.91 Å². The van der Waals surface area contributed by atoms with E-state index in [4.69, 9.17) is 0 Å². The maximum atomic E-state index is 12.3. The molecule has 124 valence electrons. The number of hydrogen-bond acceptors (Lipinski definition) is 3. The minimum absolute atomic E-state index is 0.00731. The fourth-order valence-corrected chi connectivity index (χ4v) is 3.66. The average molecular weight is 339 g/mol.